The molecule has 0 fully saturated rings. The van der Waals surface area contributed by atoms with Crippen molar-refractivity contribution in [3.8, 4) is 22.0 Å². The average Bonchev–Trinajstić information content (AvgIpc) is 3.28. The van der Waals surface area contributed by atoms with Gasteiger partial charge in [0.25, 0.3) is 5.91 Å². The largest absolute Gasteiger partial charge is 0.305 e. The lowest BCUT2D eigenvalue weighted by molar-refractivity contribution is 0.101. The van der Waals surface area contributed by atoms with Crippen molar-refractivity contribution in [2.75, 3.05) is 5.32 Å². The predicted octanol–water partition coefficient (Wildman–Crippen LogP) is 3.84. The molecule has 3 aromatic heterocycles. The van der Waals surface area contributed by atoms with E-state index in [0.29, 0.717) is 11.4 Å². The summed E-state index contributed by atoms with van der Waals surface area (Å²) in [5, 5.41) is 7.29. The number of thiazole rings is 1. The third kappa shape index (κ3) is 3.74. The maximum atomic E-state index is 13.7. The fourth-order valence-corrected chi connectivity index (χ4v) is 3.59. The molecule has 0 aliphatic rings. The number of aromatic nitrogens is 5. The number of aryl methyl sites for hydroxylation is 2. The quantitative estimate of drug-likeness (QED) is 0.550. The minimum Gasteiger partial charge on any atom is -0.305 e. The van der Waals surface area contributed by atoms with E-state index < -0.39 is 23.1 Å². The fraction of sp³-hybridized carbons (Fsp3) is 0.105. The Bertz CT molecular complexity index is 1180. The molecule has 10 heteroatoms. The van der Waals surface area contributed by atoms with Crippen LogP contribution in [-0.2, 0) is 7.05 Å². The number of carbonyl (C=O) groups is 1. The summed E-state index contributed by atoms with van der Waals surface area (Å²) in [4.78, 5) is 26.1. The van der Waals surface area contributed by atoms with Crippen LogP contribution in [0.15, 0.2) is 43.0 Å². The van der Waals surface area contributed by atoms with Crippen molar-refractivity contribution >= 4 is 23.1 Å². The summed E-state index contributed by atoms with van der Waals surface area (Å²) in [5.74, 6) is -2.77. The van der Waals surface area contributed by atoms with Gasteiger partial charge in [0, 0.05) is 23.7 Å². The smallest absolute Gasteiger partial charge is 0.262 e. The van der Waals surface area contributed by atoms with Crippen LogP contribution < -0.4 is 5.32 Å². The van der Waals surface area contributed by atoms with Crippen LogP contribution in [0.2, 0.25) is 0 Å². The molecule has 1 N–H and O–H groups in total. The van der Waals surface area contributed by atoms with Gasteiger partial charge in [-0.25, -0.2) is 23.7 Å². The highest BCUT2D eigenvalue weighted by molar-refractivity contribution is 7.15. The molecule has 0 aliphatic carbocycles. The molecule has 146 valence electrons. The van der Waals surface area contributed by atoms with Crippen LogP contribution >= 0.6 is 11.3 Å². The number of anilines is 1. The topological polar surface area (TPSA) is 85.6 Å². The summed E-state index contributed by atoms with van der Waals surface area (Å²) >= 11 is 1.51. The van der Waals surface area contributed by atoms with Gasteiger partial charge in [-0.3, -0.25) is 9.48 Å². The fourth-order valence-electron chi connectivity index (χ4n) is 2.70. The van der Waals surface area contributed by atoms with E-state index in [1.54, 1.807) is 10.9 Å². The van der Waals surface area contributed by atoms with E-state index in [2.05, 4.69) is 25.4 Å². The molecule has 1 amide bonds. The van der Waals surface area contributed by atoms with Gasteiger partial charge < -0.3 is 5.32 Å². The molecular formula is C19H14F2N6OS. The second-order valence-corrected chi connectivity index (χ2v) is 7.37. The third-order valence-corrected chi connectivity index (χ3v) is 5.09. The van der Waals surface area contributed by atoms with Gasteiger partial charge in [-0.2, -0.15) is 5.10 Å². The number of rotatable bonds is 4. The normalized spacial score (nSPS) is 10.9. The molecular weight excluding hydrogens is 398 g/mol. The van der Waals surface area contributed by atoms with Crippen LogP contribution in [0.5, 0.6) is 0 Å². The maximum absolute atomic E-state index is 13.7. The van der Waals surface area contributed by atoms with E-state index in [9.17, 15) is 13.6 Å². The molecule has 0 aliphatic heterocycles. The van der Waals surface area contributed by atoms with Crippen molar-refractivity contribution in [3.05, 3.63) is 65.1 Å². The molecule has 7 nitrogen and oxygen atoms in total. The lowest BCUT2D eigenvalue weighted by atomic mass is 10.2. The Balaban J connectivity index is 1.56. The molecule has 0 saturated heterocycles. The van der Waals surface area contributed by atoms with E-state index in [4.69, 9.17) is 0 Å². The molecule has 0 spiro atoms. The Hall–Kier alpha value is -3.53. The van der Waals surface area contributed by atoms with Gasteiger partial charge in [-0.05, 0) is 19.1 Å². The van der Waals surface area contributed by atoms with Crippen LogP contribution in [0.25, 0.3) is 22.0 Å². The van der Waals surface area contributed by atoms with Gasteiger partial charge in [-0.15, -0.1) is 11.3 Å². The standard InChI is InChI=1S/C19H14F2N6OS/c1-10-17(26-19(29-10)11-6-24-27(2)9-11)14-7-23-15(8-22-14)25-18(28)16-12(20)4-3-5-13(16)21/h3-9H,1-2H3,(H,23,25,28). The number of nitrogens with one attached hydrogen (secondary N) is 1. The minimum atomic E-state index is -0.951. The number of halogens is 2. The predicted molar refractivity (Wildman–Crippen MR) is 104 cm³/mol. The first-order valence-corrected chi connectivity index (χ1v) is 9.28. The van der Waals surface area contributed by atoms with E-state index >= 15 is 0 Å². The summed E-state index contributed by atoms with van der Waals surface area (Å²) in [6.45, 7) is 1.92. The second kappa shape index (κ2) is 7.47. The Labute approximate surface area is 168 Å². The number of benzene rings is 1. The molecule has 0 atom stereocenters. The molecule has 0 bridgehead atoms. The van der Waals surface area contributed by atoms with E-state index in [1.165, 1.54) is 29.8 Å². The molecule has 0 radical (unpaired) electrons. The number of amides is 1. The van der Waals surface area contributed by atoms with E-state index in [1.807, 2.05) is 20.2 Å². The van der Waals surface area contributed by atoms with Crippen LogP contribution in [-0.4, -0.2) is 30.6 Å². The summed E-state index contributed by atoms with van der Waals surface area (Å²) in [6.07, 6.45) is 6.36. The lowest BCUT2D eigenvalue weighted by Crippen LogP contribution is -2.16. The van der Waals surface area contributed by atoms with Gasteiger partial charge in [0.1, 0.15) is 33.6 Å². The highest BCUT2D eigenvalue weighted by atomic mass is 32.1. The summed E-state index contributed by atoms with van der Waals surface area (Å²) < 4.78 is 29.2. The molecule has 3 heterocycles. The SMILES string of the molecule is Cc1sc(-c2cnn(C)c2)nc1-c1cnc(NC(=O)c2c(F)cccc2F)cn1. The van der Waals surface area contributed by atoms with Crippen molar-refractivity contribution in [3.63, 3.8) is 0 Å². The van der Waals surface area contributed by atoms with Gasteiger partial charge in [0.2, 0.25) is 0 Å². The molecule has 1 aromatic carbocycles. The van der Waals surface area contributed by atoms with Crippen molar-refractivity contribution in [1.82, 2.24) is 24.7 Å². The highest BCUT2D eigenvalue weighted by Gasteiger charge is 2.18. The van der Waals surface area contributed by atoms with E-state index in [0.717, 1.165) is 27.6 Å². The summed E-state index contributed by atoms with van der Waals surface area (Å²) in [5.41, 5.74) is 1.41. The van der Waals surface area contributed by atoms with Crippen molar-refractivity contribution in [2.45, 2.75) is 6.92 Å². The minimum absolute atomic E-state index is 0.0711. The van der Waals surface area contributed by atoms with Crippen LogP contribution in [0, 0.1) is 18.6 Å². The molecule has 29 heavy (non-hydrogen) atoms. The Kier molecular flexibility index (Phi) is 4.85. The first-order chi connectivity index (χ1) is 13.9. The van der Waals surface area contributed by atoms with Gasteiger partial charge >= 0.3 is 0 Å². The maximum Gasteiger partial charge on any atom is 0.262 e. The number of carbonyl (C=O) groups excluding carboxylic acids is 1. The first-order valence-electron chi connectivity index (χ1n) is 8.46. The van der Waals surface area contributed by atoms with Crippen molar-refractivity contribution in [1.29, 1.82) is 0 Å². The van der Waals surface area contributed by atoms with Crippen molar-refractivity contribution < 1.29 is 13.6 Å². The summed E-state index contributed by atoms with van der Waals surface area (Å²) in [7, 11) is 1.83. The number of hydrogen-bond donors (Lipinski definition) is 1. The summed E-state index contributed by atoms with van der Waals surface area (Å²) in [6, 6.07) is 3.21. The molecule has 0 unspecified atom stereocenters. The lowest BCUT2D eigenvalue weighted by Gasteiger charge is -2.06. The Morgan fingerprint density at radius 2 is 1.90 bits per heavy atom. The third-order valence-electron chi connectivity index (χ3n) is 4.07. The average molecular weight is 412 g/mol. The van der Waals surface area contributed by atoms with E-state index in [-0.39, 0.29) is 5.82 Å². The highest BCUT2D eigenvalue weighted by Crippen LogP contribution is 2.32. The molecule has 4 aromatic rings. The molecule has 4 rings (SSSR count). The molecule has 0 saturated carbocycles. The van der Waals surface area contributed by atoms with Gasteiger partial charge in [-0.1, -0.05) is 6.07 Å². The number of hydrogen-bond acceptors (Lipinski definition) is 6. The van der Waals surface area contributed by atoms with Gasteiger partial charge in [0.15, 0.2) is 5.82 Å². The Morgan fingerprint density at radius 3 is 2.52 bits per heavy atom. The number of nitrogens with zero attached hydrogens (tertiary/aromatic N) is 5. The van der Waals surface area contributed by atoms with Crippen LogP contribution in [0.3, 0.4) is 0 Å². The zero-order valence-electron chi connectivity index (χ0n) is 15.3. The monoisotopic (exact) mass is 412 g/mol. The first kappa shape index (κ1) is 18.8. The van der Waals surface area contributed by atoms with Gasteiger partial charge in [0.05, 0.1) is 18.6 Å². The zero-order valence-corrected chi connectivity index (χ0v) is 16.2. The second-order valence-electron chi connectivity index (χ2n) is 6.16. The Morgan fingerprint density at radius 1 is 1.14 bits per heavy atom. The van der Waals surface area contributed by atoms with Crippen LogP contribution in [0.4, 0.5) is 14.6 Å². The van der Waals surface area contributed by atoms with Crippen molar-refractivity contribution in [2.24, 2.45) is 7.05 Å². The zero-order chi connectivity index (χ0) is 20.5. The van der Waals surface area contributed by atoms with Crippen LogP contribution in [0.1, 0.15) is 15.2 Å².